The van der Waals surface area contributed by atoms with Crippen LogP contribution in [0.2, 0.25) is 0 Å². The Kier molecular flexibility index (Phi) is 5.74. The molecule has 7 heteroatoms. The van der Waals surface area contributed by atoms with Crippen molar-refractivity contribution in [1.29, 1.82) is 0 Å². The molecular weight excluding hydrogens is 292 g/mol. The molecule has 0 unspecified atom stereocenters. The molecule has 0 saturated carbocycles. The van der Waals surface area contributed by atoms with Gasteiger partial charge in [-0.15, -0.1) is 0 Å². The van der Waals surface area contributed by atoms with Crippen LogP contribution in [0.5, 0.6) is 5.75 Å². The van der Waals surface area contributed by atoms with Gasteiger partial charge < -0.3 is 9.64 Å². The lowest BCUT2D eigenvalue weighted by atomic mass is 10.0. The fourth-order valence-corrected chi connectivity index (χ4v) is 2.26. The van der Waals surface area contributed by atoms with Crippen molar-refractivity contribution in [3.8, 4) is 5.75 Å². The highest BCUT2D eigenvalue weighted by molar-refractivity contribution is 7.89. The predicted molar refractivity (Wildman–Crippen MR) is 80.7 cm³/mol. The summed E-state index contributed by atoms with van der Waals surface area (Å²) >= 11 is 0. The van der Waals surface area contributed by atoms with Crippen molar-refractivity contribution in [2.45, 2.75) is 31.6 Å². The first-order chi connectivity index (χ1) is 9.66. The van der Waals surface area contributed by atoms with Gasteiger partial charge in [0, 0.05) is 13.6 Å². The minimum Gasteiger partial charge on any atom is -0.483 e. The number of carbonyl (C=O) groups is 1. The van der Waals surface area contributed by atoms with Crippen molar-refractivity contribution >= 4 is 15.9 Å². The summed E-state index contributed by atoms with van der Waals surface area (Å²) in [5, 5.41) is 5.13. The van der Waals surface area contributed by atoms with E-state index in [9.17, 15) is 13.2 Å². The zero-order valence-corrected chi connectivity index (χ0v) is 13.6. The number of benzene rings is 1. The summed E-state index contributed by atoms with van der Waals surface area (Å²) < 4.78 is 28.3. The largest absolute Gasteiger partial charge is 0.483 e. The van der Waals surface area contributed by atoms with Crippen LogP contribution in [0.25, 0.3) is 0 Å². The van der Waals surface area contributed by atoms with Gasteiger partial charge in [0.2, 0.25) is 10.0 Å². The first kappa shape index (κ1) is 17.5. The zero-order valence-electron chi connectivity index (χ0n) is 12.8. The van der Waals surface area contributed by atoms with Crippen LogP contribution >= 0.6 is 0 Å². The SMILES string of the molecule is CCN(C)C(=O)COc1ccc(S(N)(=O)=O)cc1C(C)C. The number of hydrogen-bond acceptors (Lipinski definition) is 4. The lowest BCUT2D eigenvalue weighted by Gasteiger charge is -2.18. The molecule has 0 saturated heterocycles. The molecule has 0 aliphatic rings. The van der Waals surface area contributed by atoms with E-state index in [0.29, 0.717) is 17.9 Å². The summed E-state index contributed by atoms with van der Waals surface area (Å²) in [6.45, 7) is 6.21. The summed E-state index contributed by atoms with van der Waals surface area (Å²) in [4.78, 5) is 13.3. The molecule has 0 spiro atoms. The second-order valence-corrected chi connectivity index (χ2v) is 6.66. The van der Waals surface area contributed by atoms with Crippen LogP contribution < -0.4 is 9.88 Å². The zero-order chi connectivity index (χ0) is 16.2. The molecular formula is C14H22N2O4S. The fraction of sp³-hybridized carbons (Fsp3) is 0.500. The molecule has 0 bridgehead atoms. The number of nitrogens with two attached hydrogens (primary N) is 1. The second-order valence-electron chi connectivity index (χ2n) is 5.10. The standard InChI is InChI=1S/C14H22N2O4S/c1-5-16(4)14(17)9-20-13-7-6-11(21(15,18)19)8-12(13)10(2)3/h6-8,10H,5,9H2,1-4H3,(H2,15,18,19). The van der Waals surface area contributed by atoms with E-state index in [4.69, 9.17) is 9.88 Å². The van der Waals surface area contributed by atoms with E-state index in [1.54, 1.807) is 11.9 Å². The topological polar surface area (TPSA) is 89.7 Å². The molecule has 118 valence electrons. The Labute approximate surface area is 125 Å². The van der Waals surface area contributed by atoms with Crippen LogP contribution in [0, 0.1) is 0 Å². The maximum absolute atomic E-state index is 11.7. The van der Waals surface area contributed by atoms with E-state index < -0.39 is 10.0 Å². The van der Waals surface area contributed by atoms with Crippen LogP contribution in [0.1, 0.15) is 32.3 Å². The molecule has 2 N–H and O–H groups in total. The van der Waals surface area contributed by atoms with E-state index in [1.807, 2.05) is 20.8 Å². The average Bonchev–Trinajstić information content (AvgIpc) is 2.42. The van der Waals surface area contributed by atoms with Crippen LogP contribution in [-0.2, 0) is 14.8 Å². The predicted octanol–water partition coefficient (Wildman–Crippen LogP) is 1.31. The van der Waals surface area contributed by atoms with E-state index in [2.05, 4.69) is 0 Å². The van der Waals surface area contributed by atoms with Gasteiger partial charge in [-0.1, -0.05) is 13.8 Å². The van der Waals surface area contributed by atoms with Gasteiger partial charge in [-0.25, -0.2) is 13.6 Å². The van der Waals surface area contributed by atoms with Crippen molar-refractivity contribution in [1.82, 2.24) is 4.90 Å². The molecule has 1 rings (SSSR count). The highest BCUT2D eigenvalue weighted by Gasteiger charge is 2.16. The fourth-order valence-electron chi connectivity index (χ4n) is 1.71. The number of nitrogens with zero attached hydrogens (tertiary/aromatic N) is 1. The van der Waals surface area contributed by atoms with Crippen LogP contribution in [0.3, 0.4) is 0 Å². The molecule has 0 radical (unpaired) electrons. The summed E-state index contributed by atoms with van der Waals surface area (Å²) in [5.74, 6) is 0.402. The maximum atomic E-state index is 11.7. The van der Waals surface area contributed by atoms with Crippen molar-refractivity contribution in [3.63, 3.8) is 0 Å². The summed E-state index contributed by atoms with van der Waals surface area (Å²) in [6.07, 6.45) is 0. The normalized spacial score (nSPS) is 11.5. The first-order valence-corrected chi connectivity index (χ1v) is 8.25. The molecule has 0 heterocycles. The number of primary sulfonamides is 1. The lowest BCUT2D eigenvalue weighted by molar-refractivity contribution is -0.131. The number of sulfonamides is 1. The van der Waals surface area contributed by atoms with E-state index in [0.717, 1.165) is 0 Å². The smallest absolute Gasteiger partial charge is 0.260 e. The Morgan fingerprint density at radius 2 is 2.00 bits per heavy atom. The highest BCUT2D eigenvalue weighted by Crippen LogP contribution is 2.28. The molecule has 6 nitrogen and oxygen atoms in total. The second kappa shape index (κ2) is 6.91. The Morgan fingerprint density at radius 1 is 1.38 bits per heavy atom. The number of hydrogen-bond donors (Lipinski definition) is 1. The molecule has 1 aromatic rings. The van der Waals surface area contributed by atoms with Crippen LogP contribution in [0.15, 0.2) is 23.1 Å². The molecule has 21 heavy (non-hydrogen) atoms. The van der Waals surface area contributed by atoms with Crippen molar-refractivity contribution in [2.75, 3.05) is 20.2 Å². The third-order valence-electron chi connectivity index (χ3n) is 3.18. The Balaban J connectivity index is 3.00. The van der Waals surface area contributed by atoms with Crippen molar-refractivity contribution < 1.29 is 17.9 Å². The van der Waals surface area contributed by atoms with Crippen LogP contribution in [-0.4, -0.2) is 39.4 Å². The van der Waals surface area contributed by atoms with Gasteiger partial charge >= 0.3 is 0 Å². The molecule has 1 aromatic carbocycles. The highest BCUT2D eigenvalue weighted by atomic mass is 32.2. The van der Waals surface area contributed by atoms with Crippen molar-refractivity contribution in [3.05, 3.63) is 23.8 Å². The van der Waals surface area contributed by atoms with Gasteiger partial charge in [0.25, 0.3) is 5.91 Å². The molecule has 0 fully saturated rings. The molecule has 0 atom stereocenters. The van der Waals surface area contributed by atoms with Gasteiger partial charge in [-0.05, 0) is 36.6 Å². The summed E-state index contributed by atoms with van der Waals surface area (Å²) in [6, 6.07) is 4.40. The summed E-state index contributed by atoms with van der Waals surface area (Å²) in [5.41, 5.74) is 0.702. The number of carbonyl (C=O) groups excluding carboxylic acids is 1. The van der Waals surface area contributed by atoms with Crippen LogP contribution in [0.4, 0.5) is 0 Å². The first-order valence-electron chi connectivity index (χ1n) is 6.70. The van der Waals surface area contributed by atoms with Crippen molar-refractivity contribution in [2.24, 2.45) is 5.14 Å². The molecule has 0 aliphatic carbocycles. The van der Waals surface area contributed by atoms with Gasteiger partial charge in [-0.3, -0.25) is 4.79 Å². The molecule has 1 amide bonds. The van der Waals surface area contributed by atoms with Gasteiger partial charge in [0.1, 0.15) is 5.75 Å². The van der Waals surface area contributed by atoms with Gasteiger partial charge in [0.05, 0.1) is 4.90 Å². The minimum absolute atomic E-state index is 0.0375. The van der Waals surface area contributed by atoms with E-state index in [1.165, 1.54) is 18.2 Å². The van der Waals surface area contributed by atoms with E-state index >= 15 is 0 Å². The Hall–Kier alpha value is -1.60. The van der Waals surface area contributed by atoms with Gasteiger partial charge in [-0.2, -0.15) is 0 Å². The lowest BCUT2D eigenvalue weighted by Crippen LogP contribution is -2.31. The Bertz CT molecular complexity index is 611. The summed E-state index contributed by atoms with van der Waals surface area (Å²) in [7, 11) is -2.06. The third kappa shape index (κ3) is 4.71. The number of likely N-dealkylation sites (N-methyl/N-ethyl adjacent to an activating group) is 1. The maximum Gasteiger partial charge on any atom is 0.260 e. The minimum atomic E-state index is -3.75. The number of rotatable bonds is 6. The monoisotopic (exact) mass is 314 g/mol. The van der Waals surface area contributed by atoms with E-state index in [-0.39, 0.29) is 23.3 Å². The Morgan fingerprint density at radius 3 is 2.48 bits per heavy atom. The third-order valence-corrected chi connectivity index (χ3v) is 4.09. The average molecular weight is 314 g/mol. The number of amides is 1. The quantitative estimate of drug-likeness (QED) is 0.857. The molecule has 0 aromatic heterocycles. The molecule has 0 aliphatic heterocycles. The van der Waals surface area contributed by atoms with Gasteiger partial charge in [0.15, 0.2) is 6.61 Å². The number of ether oxygens (including phenoxy) is 1.